The molecule has 0 nitrogen and oxygen atoms in total. The summed E-state index contributed by atoms with van der Waals surface area (Å²) in [5, 5.41) is 0. The van der Waals surface area contributed by atoms with E-state index in [1.54, 1.807) is 0 Å². The standard InChI is InChI=1S/C15H30.C8H18/c1-3-5-7-9-11-13-15-14-12-10-8-6-4-2;1-3-5-7-8-6-4-2/h3H,1,4-15H2,2H3;3-8H2,1-2H3. The van der Waals surface area contributed by atoms with Gasteiger partial charge in [-0.15, -0.1) is 6.58 Å². The summed E-state index contributed by atoms with van der Waals surface area (Å²) in [6, 6.07) is 0. The average molecular weight is 325 g/mol. The summed E-state index contributed by atoms with van der Waals surface area (Å²) in [5.74, 6) is 0. The first-order valence-corrected chi connectivity index (χ1v) is 10.9. The van der Waals surface area contributed by atoms with Crippen LogP contribution in [0.15, 0.2) is 12.7 Å². The minimum atomic E-state index is 1.21. The maximum absolute atomic E-state index is 3.74. The molecule has 0 aromatic carbocycles. The van der Waals surface area contributed by atoms with Gasteiger partial charge >= 0.3 is 0 Å². The van der Waals surface area contributed by atoms with Crippen LogP contribution in [0.1, 0.15) is 136 Å². The van der Waals surface area contributed by atoms with Gasteiger partial charge in [0, 0.05) is 0 Å². The Labute approximate surface area is 149 Å². The van der Waals surface area contributed by atoms with Crippen molar-refractivity contribution in [3.8, 4) is 0 Å². The van der Waals surface area contributed by atoms with Gasteiger partial charge in [-0.25, -0.2) is 0 Å². The second kappa shape index (κ2) is 26.6. The van der Waals surface area contributed by atoms with Crippen LogP contribution in [0, 0.1) is 0 Å². The molecule has 0 aromatic rings. The van der Waals surface area contributed by atoms with Crippen molar-refractivity contribution in [2.24, 2.45) is 0 Å². The molecule has 0 saturated carbocycles. The van der Waals surface area contributed by atoms with Crippen molar-refractivity contribution in [2.75, 3.05) is 0 Å². The molecular formula is C23H48. The highest BCUT2D eigenvalue weighted by Crippen LogP contribution is 2.11. The molecule has 0 unspecified atom stereocenters. The Hall–Kier alpha value is -0.260. The van der Waals surface area contributed by atoms with E-state index in [4.69, 9.17) is 0 Å². The van der Waals surface area contributed by atoms with Crippen LogP contribution in [0.25, 0.3) is 0 Å². The van der Waals surface area contributed by atoms with Gasteiger partial charge in [-0.2, -0.15) is 0 Å². The van der Waals surface area contributed by atoms with Crippen molar-refractivity contribution in [1.29, 1.82) is 0 Å². The molecule has 0 aliphatic rings. The van der Waals surface area contributed by atoms with Crippen LogP contribution in [-0.4, -0.2) is 0 Å². The fraction of sp³-hybridized carbons (Fsp3) is 0.913. The third-order valence-electron chi connectivity index (χ3n) is 4.47. The summed E-state index contributed by atoms with van der Waals surface area (Å²) >= 11 is 0. The molecule has 0 fully saturated rings. The highest BCUT2D eigenvalue weighted by molar-refractivity contribution is 4.65. The van der Waals surface area contributed by atoms with E-state index in [1.165, 1.54) is 116 Å². The maximum Gasteiger partial charge on any atom is -0.0353 e. The molecule has 0 aromatic heterocycles. The number of allylic oxidation sites excluding steroid dienone is 1. The zero-order valence-electron chi connectivity index (χ0n) is 17.0. The summed E-state index contributed by atoms with van der Waals surface area (Å²) in [6.07, 6.45) is 27.5. The summed E-state index contributed by atoms with van der Waals surface area (Å²) in [7, 11) is 0. The van der Waals surface area contributed by atoms with Crippen molar-refractivity contribution in [2.45, 2.75) is 136 Å². The zero-order valence-corrected chi connectivity index (χ0v) is 17.0. The van der Waals surface area contributed by atoms with Crippen LogP contribution in [0.2, 0.25) is 0 Å². The number of unbranched alkanes of at least 4 members (excludes halogenated alkanes) is 16. The largest absolute Gasteiger partial charge is 0.103 e. The SMILES string of the molecule is C=CCCCCCCCCCCCCC.CCCCCCCC. The third kappa shape index (κ3) is 30.2. The number of hydrogen-bond donors (Lipinski definition) is 0. The van der Waals surface area contributed by atoms with Crippen LogP contribution >= 0.6 is 0 Å². The lowest BCUT2D eigenvalue weighted by Crippen LogP contribution is -1.81. The number of hydrogen-bond acceptors (Lipinski definition) is 0. The molecule has 0 N–H and O–H groups in total. The van der Waals surface area contributed by atoms with E-state index < -0.39 is 0 Å². The van der Waals surface area contributed by atoms with Gasteiger partial charge in [0.2, 0.25) is 0 Å². The molecule has 140 valence electrons. The highest BCUT2D eigenvalue weighted by atomic mass is 14.0. The minimum absolute atomic E-state index is 1.21. The Balaban J connectivity index is 0. The zero-order chi connectivity index (χ0) is 17.4. The molecular weight excluding hydrogens is 276 g/mol. The highest BCUT2D eigenvalue weighted by Gasteiger charge is 1.92. The van der Waals surface area contributed by atoms with Crippen LogP contribution < -0.4 is 0 Å². The average Bonchev–Trinajstić information content (AvgIpc) is 2.57. The van der Waals surface area contributed by atoms with E-state index in [0.29, 0.717) is 0 Å². The van der Waals surface area contributed by atoms with Crippen molar-refractivity contribution < 1.29 is 0 Å². The smallest absolute Gasteiger partial charge is 0.0353 e. The van der Waals surface area contributed by atoms with Crippen molar-refractivity contribution >= 4 is 0 Å². The van der Waals surface area contributed by atoms with Gasteiger partial charge in [-0.3, -0.25) is 0 Å². The Bertz CT molecular complexity index is 176. The summed E-state index contributed by atoms with van der Waals surface area (Å²) in [6.45, 7) is 10.5. The van der Waals surface area contributed by atoms with E-state index in [9.17, 15) is 0 Å². The van der Waals surface area contributed by atoms with Crippen LogP contribution in [-0.2, 0) is 0 Å². The van der Waals surface area contributed by atoms with Crippen molar-refractivity contribution in [3.05, 3.63) is 12.7 Å². The van der Waals surface area contributed by atoms with Gasteiger partial charge in [-0.1, -0.05) is 130 Å². The maximum atomic E-state index is 3.74. The van der Waals surface area contributed by atoms with Crippen molar-refractivity contribution in [3.63, 3.8) is 0 Å². The van der Waals surface area contributed by atoms with Gasteiger partial charge in [-0.05, 0) is 12.8 Å². The first-order chi connectivity index (χ1) is 11.3. The van der Waals surface area contributed by atoms with Crippen LogP contribution in [0.5, 0.6) is 0 Å². The first-order valence-electron chi connectivity index (χ1n) is 10.9. The Kier molecular flexibility index (Phi) is 28.9. The Morgan fingerprint density at radius 1 is 0.435 bits per heavy atom. The number of rotatable bonds is 17. The van der Waals surface area contributed by atoms with Crippen LogP contribution in [0.4, 0.5) is 0 Å². The van der Waals surface area contributed by atoms with Gasteiger partial charge in [0.25, 0.3) is 0 Å². The van der Waals surface area contributed by atoms with E-state index in [0.717, 1.165) is 0 Å². The molecule has 0 aliphatic carbocycles. The lowest BCUT2D eigenvalue weighted by molar-refractivity contribution is 0.550. The summed E-state index contributed by atoms with van der Waals surface area (Å²) in [4.78, 5) is 0. The van der Waals surface area contributed by atoms with Gasteiger partial charge in [0.1, 0.15) is 0 Å². The molecule has 0 rings (SSSR count). The second-order valence-electron chi connectivity index (χ2n) is 7.03. The first kappa shape index (κ1) is 25.0. The van der Waals surface area contributed by atoms with Gasteiger partial charge in [0.15, 0.2) is 0 Å². The molecule has 0 atom stereocenters. The summed E-state index contributed by atoms with van der Waals surface area (Å²) in [5.41, 5.74) is 0. The van der Waals surface area contributed by atoms with Gasteiger partial charge in [0.05, 0.1) is 0 Å². The monoisotopic (exact) mass is 324 g/mol. The van der Waals surface area contributed by atoms with E-state index in [1.807, 2.05) is 6.08 Å². The second-order valence-corrected chi connectivity index (χ2v) is 7.03. The molecule has 0 amide bonds. The minimum Gasteiger partial charge on any atom is -0.103 e. The lowest BCUT2D eigenvalue weighted by Gasteiger charge is -2.01. The van der Waals surface area contributed by atoms with Crippen LogP contribution in [0.3, 0.4) is 0 Å². The van der Waals surface area contributed by atoms with E-state index in [2.05, 4.69) is 27.4 Å². The topological polar surface area (TPSA) is 0 Å². The Morgan fingerprint density at radius 2 is 0.696 bits per heavy atom. The molecule has 0 radical (unpaired) electrons. The fourth-order valence-corrected chi connectivity index (χ4v) is 2.81. The predicted octanol–water partition coefficient (Wildman–Crippen LogP) is 9.24. The molecule has 23 heavy (non-hydrogen) atoms. The third-order valence-corrected chi connectivity index (χ3v) is 4.47. The quantitative estimate of drug-likeness (QED) is 0.185. The molecule has 0 bridgehead atoms. The van der Waals surface area contributed by atoms with E-state index >= 15 is 0 Å². The lowest BCUT2D eigenvalue weighted by atomic mass is 10.1. The van der Waals surface area contributed by atoms with E-state index in [-0.39, 0.29) is 0 Å². The van der Waals surface area contributed by atoms with Crippen molar-refractivity contribution in [1.82, 2.24) is 0 Å². The Morgan fingerprint density at radius 3 is 0.957 bits per heavy atom. The summed E-state index contributed by atoms with van der Waals surface area (Å²) < 4.78 is 0. The molecule has 0 heterocycles. The molecule has 0 aliphatic heterocycles. The van der Waals surface area contributed by atoms with Gasteiger partial charge < -0.3 is 0 Å². The molecule has 0 saturated heterocycles. The molecule has 0 heteroatoms. The fourth-order valence-electron chi connectivity index (χ4n) is 2.81. The molecule has 0 spiro atoms. The normalized spacial score (nSPS) is 10.2. The predicted molar refractivity (Wildman–Crippen MR) is 110 cm³/mol.